The third-order valence-corrected chi connectivity index (χ3v) is 3.93. The van der Waals surface area contributed by atoms with E-state index in [1.54, 1.807) is 18.3 Å². The van der Waals surface area contributed by atoms with Gasteiger partial charge in [0, 0.05) is 11.2 Å². The number of aliphatic hydroxyl groups is 3. The molecule has 1 saturated heterocycles. The fourth-order valence-electron chi connectivity index (χ4n) is 2.39. The summed E-state index contributed by atoms with van der Waals surface area (Å²) in [4.78, 5) is 2.95. The molecule has 2 heterocycles. The van der Waals surface area contributed by atoms with E-state index in [1.807, 2.05) is 0 Å². The van der Waals surface area contributed by atoms with E-state index in [0.717, 1.165) is 0 Å². The molecule has 0 unspecified atom stereocenters. The van der Waals surface area contributed by atoms with Crippen LogP contribution in [0.2, 0.25) is 10.0 Å². The van der Waals surface area contributed by atoms with E-state index in [9.17, 15) is 10.2 Å². The molecule has 4 N–H and O–H groups in total. The summed E-state index contributed by atoms with van der Waals surface area (Å²) in [5.74, 6) is 0.358. The molecule has 0 amide bonds. The lowest BCUT2D eigenvalue weighted by atomic mass is 10.1. The predicted molar refractivity (Wildman–Crippen MR) is 76.7 cm³/mol. The second kappa shape index (κ2) is 5.64. The maximum absolute atomic E-state index is 9.97. The van der Waals surface area contributed by atoms with Crippen LogP contribution in [0.5, 0.6) is 5.75 Å². The number of ether oxygens (including phenoxy) is 2. The Morgan fingerprint density at radius 2 is 2.05 bits per heavy atom. The minimum Gasteiger partial charge on any atom is -0.480 e. The van der Waals surface area contributed by atoms with Crippen molar-refractivity contribution in [3.05, 3.63) is 28.4 Å². The van der Waals surface area contributed by atoms with Gasteiger partial charge in [-0.15, -0.1) is 0 Å². The van der Waals surface area contributed by atoms with Gasteiger partial charge in [0.05, 0.1) is 22.5 Å². The van der Waals surface area contributed by atoms with Gasteiger partial charge in [-0.25, -0.2) is 0 Å². The van der Waals surface area contributed by atoms with Crippen molar-refractivity contribution in [3.8, 4) is 5.75 Å². The lowest BCUT2D eigenvalue weighted by Gasteiger charge is -2.18. The predicted octanol–water partition coefficient (Wildman–Crippen LogP) is 1.29. The van der Waals surface area contributed by atoms with Crippen LogP contribution in [0, 0.1) is 0 Å². The van der Waals surface area contributed by atoms with Crippen molar-refractivity contribution >= 4 is 34.1 Å². The van der Waals surface area contributed by atoms with E-state index in [0.29, 0.717) is 26.7 Å². The molecule has 1 aliphatic rings. The van der Waals surface area contributed by atoms with Gasteiger partial charge < -0.3 is 29.8 Å². The van der Waals surface area contributed by atoms with Gasteiger partial charge in [-0.05, 0) is 12.1 Å². The Balaban J connectivity index is 1.92. The summed E-state index contributed by atoms with van der Waals surface area (Å²) in [7, 11) is 0. The number of rotatable bonds is 3. The number of aromatic amines is 1. The fourth-order valence-corrected chi connectivity index (χ4v) is 2.98. The molecule has 1 aliphatic heterocycles. The zero-order chi connectivity index (χ0) is 15.1. The van der Waals surface area contributed by atoms with Crippen LogP contribution >= 0.6 is 23.2 Å². The molecule has 21 heavy (non-hydrogen) atoms. The van der Waals surface area contributed by atoms with Crippen LogP contribution in [0.25, 0.3) is 10.9 Å². The van der Waals surface area contributed by atoms with Gasteiger partial charge in [0.2, 0.25) is 0 Å². The van der Waals surface area contributed by atoms with Gasteiger partial charge >= 0.3 is 0 Å². The quantitative estimate of drug-likeness (QED) is 0.679. The van der Waals surface area contributed by atoms with E-state index >= 15 is 0 Å². The van der Waals surface area contributed by atoms with E-state index in [-0.39, 0.29) is 0 Å². The van der Waals surface area contributed by atoms with Crippen molar-refractivity contribution in [2.75, 3.05) is 6.61 Å². The van der Waals surface area contributed by atoms with Crippen molar-refractivity contribution in [1.29, 1.82) is 0 Å². The highest BCUT2D eigenvalue weighted by Crippen LogP contribution is 2.36. The monoisotopic (exact) mass is 333 g/mol. The molecular weight excluding hydrogens is 321 g/mol. The maximum Gasteiger partial charge on any atom is 0.195 e. The molecular formula is C13H13Cl2NO5. The molecule has 8 heteroatoms. The average molecular weight is 334 g/mol. The van der Waals surface area contributed by atoms with Gasteiger partial charge in [-0.1, -0.05) is 23.2 Å². The highest BCUT2D eigenvalue weighted by atomic mass is 35.5. The Kier molecular flexibility index (Phi) is 4.00. The third kappa shape index (κ3) is 2.59. The van der Waals surface area contributed by atoms with Crippen LogP contribution in [0.15, 0.2) is 18.3 Å². The summed E-state index contributed by atoms with van der Waals surface area (Å²) in [5, 5.41) is 30.2. The van der Waals surface area contributed by atoms with Crippen molar-refractivity contribution < 1.29 is 24.8 Å². The van der Waals surface area contributed by atoms with E-state index in [2.05, 4.69) is 4.98 Å². The molecule has 1 fully saturated rings. The van der Waals surface area contributed by atoms with Crippen LogP contribution in [-0.4, -0.2) is 51.5 Å². The van der Waals surface area contributed by atoms with Crippen LogP contribution < -0.4 is 4.74 Å². The zero-order valence-corrected chi connectivity index (χ0v) is 12.2. The summed E-state index contributed by atoms with van der Waals surface area (Å²) >= 11 is 12.1. The molecule has 0 bridgehead atoms. The topological polar surface area (TPSA) is 94.9 Å². The Labute approximate surface area is 129 Å². The first-order valence-corrected chi connectivity index (χ1v) is 7.02. The molecule has 1 aromatic heterocycles. The van der Waals surface area contributed by atoms with Gasteiger partial charge in [0.25, 0.3) is 0 Å². The first-order chi connectivity index (χ1) is 10.0. The second-order valence-electron chi connectivity index (χ2n) is 4.78. The normalized spacial score (nSPS) is 29.2. The lowest BCUT2D eigenvalue weighted by Crippen LogP contribution is -2.38. The molecule has 4 atom stereocenters. The summed E-state index contributed by atoms with van der Waals surface area (Å²) in [6.07, 6.45) is -2.85. The van der Waals surface area contributed by atoms with Crippen molar-refractivity contribution in [2.45, 2.75) is 24.6 Å². The molecule has 6 nitrogen and oxygen atoms in total. The van der Waals surface area contributed by atoms with Crippen molar-refractivity contribution in [3.63, 3.8) is 0 Å². The summed E-state index contributed by atoms with van der Waals surface area (Å²) < 4.78 is 10.6. The molecule has 3 rings (SSSR count). The number of hydrogen-bond donors (Lipinski definition) is 4. The molecule has 0 radical (unpaired) electrons. The SMILES string of the molecule is OC[C@@H]1O[C@@H](O)[C@H](Oc2c[nH]c3cc(Cl)cc(Cl)c23)[C@H]1O. The Bertz CT molecular complexity index is 661. The number of aromatic nitrogens is 1. The van der Waals surface area contributed by atoms with Crippen LogP contribution in [0.3, 0.4) is 0 Å². The third-order valence-electron chi connectivity index (χ3n) is 3.42. The zero-order valence-electron chi connectivity index (χ0n) is 10.7. The Morgan fingerprint density at radius 1 is 1.29 bits per heavy atom. The highest BCUT2D eigenvalue weighted by Gasteiger charge is 2.44. The number of nitrogens with one attached hydrogen (secondary N) is 1. The molecule has 1 aromatic carbocycles. The fraction of sp³-hybridized carbons (Fsp3) is 0.385. The standard InChI is InChI=1S/C13H13Cl2NO5/c14-5-1-6(15)10-7(2-5)16-3-8(10)20-12-11(18)9(4-17)21-13(12)19/h1-3,9,11-13,16-19H,4H2/t9-,11-,12+,13+/m0/s1. The van der Waals surface area contributed by atoms with Gasteiger partial charge in [0.1, 0.15) is 18.0 Å². The Hall–Kier alpha value is -1.02. The highest BCUT2D eigenvalue weighted by molar-refractivity contribution is 6.39. The molecule has 2 aromatic rings. The largest absolute Gasteiger partial charge is 0.480 e. The summed E-state index contributed by atoms with van der Waals surface area (Å²) in [6, 6.07) is 3.25. The summed E-state index contributed by atoms with van der Waals surface area (Å²) in [6.45, 7) is -0.414. The smallest absolute Gasteiger partial charge is 0.195 e. The number of hydrogen-bond acceptors (Lipinski definition) is 5. The minimum atomic E-state index is -1.34. The van der Waals surface area contributed by atoms with Crippen LogP contribution in [0.1, 0.15) is 0 Å². The Morgan fingerprint density at radius 3 is 2.71 bits per heavy atom. The number of benzene rings is 1. The number of aliphatic hydroxyl groups excluding tert-OH is 3. The van der Waals surface area contributed by atoms with E-state index < -0.39 is 31.2 Å². The van der Waals surface area contributed by atoms with Crippen molar-refractivity contribution in [1.82, 2.24) is 4.98 Å². The second-order valence-corrected chi connectivity index (χ2v) is 5.63. The average Bonchev–Trinajstić information content (AvgIpc) is 2.94. The summed E-state index contributed by atoms with van der Waals surface area (Å²) in [5.41, 5.74) is 0.670. The van der Waals surface area contributed by atoms with Gasteiger partial charge in [0.15, 0.2) is 12.4 Å². The number of fused-ring (bicyclic) bond motifs is 1. The van der Waals surface area contributed by atoms with Gasteiger partial charge in [-0.2, -0.15) is 0 Å². The minimum absolute atomic E-state index is 0.358. The molecule has 0 spiro atoms. The first-order valence-electron chi connectivity index (χ1n) is 6.26. The molecule has 0 aliphatic carbocycles. The van der Waals surface area contributed by atoms with Gasteiger partial charge in [-0.3, -0.25) is 0 Å². The number of H-pyrrole nitrogens is 1. The van der Waals surface area contributed by atoms with Crippen LogP contribution in [0.4, 0.5) is 0 Å². The molecule has 0 saturated carbocycles. The lowest BCUT2D eigenvalue weighted by molar-refractivity contribution is -0.128. The molecule has 114 valence electrons. The van der Waals surface area contributed by atoms with E-state index in [1.165, 1.54) is 0 Å². The van der Waals surface area contributed by atoms with E-state index in [4.69, 9.17) is 37.8 Å². The maximum atomic E-state index is 9.97. The van der Waals surface area contributed by atoms with Crippen LogP contribution in [-0.2, 0) is 4.74 Å². The first kappa shape index (κ1) is 14.9. The van der Waals surface area contributed by atoms with Crippen molar-refractivity contribution in [2.24, 2.45) is 0 Å². The number of halogens is 2.